The van der Waals surface area contributed by atoms with Crippen molar-refractivity contribution in [3.8, 4) is 0 Å². The summed E-state index contributed by atoms with van der Waals surface area (Å²) in [5, 5.41) is 24.7. The van der Waals surface area contributed by atoms with E-state index in [0.717, 1.165) is 37.7 Å². The summed E-state index contributed by atoms with van der Waals surface area (Å²) in [6.07, 6.45) is 3.96. The smallest absolute Gasteiger partial charge is 0.240 e. The molecule has 1 heterocycles. The third-order valence-electron chi connectivity index (χ3n) is 7.66. The lowest BCUT2D eigenvalue weighted by atomic mass is 9.81. The summed E-state index contributed by atoms with van der Waals surface area (Å²) in [6.45, 7) is 3.92. The van der Waals surface area contributed by atoms with Gasteiger partial charge in [0.05, 0.1) is 23.9 Å². The monoisotopic (exact) mass is 559 g/mol. The molecule has 39 heavy (non-hydrogen) atoms. The number of primary amides is 1. The summed E-state index contributed by atoms with van der Waals surface area (Å²) in [4.78, 5) is 32.8. The van der Waals surface area contributed by atoms with E-state index >= 15 is 0 Å². The summed E-state index contributed by atoms with van der Waals surface area (Å²) >= 11 is 1.24. The number of carbonyl (C=O) groups is 2. The minimum absolute atomic E-state index is 0.0427. The molecular formula is C29H45N5O4S. The molecule has 1 aromatic heterocycles. The number of hydrogen-bond acceptors (Lipinski definition) is 8. The maximum absolute atomic E-state index is 14.2. The van der Waals surface area contributed by atoms with Crippen LogP contribution in [0.1, 0.15) is 70.1 Å². The van der Waals surface area contributed by atoms with Crippen molar-refractivity contribution in [1.82, 2.24) is 9.88 Å². The zero-order valence-electron chi connectivity index (χ0n) is 23.1. The molecule has 3 unspecified atom stereocenters. The van der Waals surface area contributed by atoms with Crippen LogP contribution >= 0.6 is 11.3 Å². The van der Waals surface area contributed by atoms with Gasteiger partial charge in [0.25, 0.3) is 0 Å². The lowest BCUT2D eigenvalue weighted by Crippen LogP contribution is -2.63. The van der Waals surface area contributed by atoms with Crippen molar-refractivity contribution >= 4 is 28.3 Å². The first-order valence-corrected chi connectivity index (χ1v) is 14.9. The molecule has 8 N–H and O–H groups in total. The van der Waals surface area contributed by atoms with E-state index in [1.807, 2.05) is 44.2 Å². The van der Waals surface area contributed by atoms with E-state index in [4.69, 9.17) is 17.2 Å². The zero-order valence-corrected chi connectivity index (χ0v) is 23.9. The van der Waals surface area contributed by atoms with Crippen molar-refractivity contribution in [3.63, 3.8) is 0 Å². The average Bonchev–Trinajstić information content (AvgIpc) is 3.32. The van der Waals surface area contributed by atoms with Gasteiger partial charge in [-0.05, 0) is 36.7 Å². The van der Waals surface area contributed by atoms with E-state index in [9.17, 15) is 19.8 Å². The zero-order chi connectivity index (χ0) is 28.5. The summed E-state index contributed by atoms with van der Waals surface area (Å²) < 4.78 is 0. The van der Waals surface area contributed by atoms with Crippen LogP contribution < -0.4 is 17.2 Å². The molecule has 0 saturated heterocycles. The van der Waals surface area contributed by atoms with E-state index in [0.29, 0.717) is 23.7 Å². The highest BCUT2D eigenvalue weighted by Crippen LogP contribution is 2.32. The predicted octanol–water partition coefficient (Wildman–Crippen LogP) is 2.63. The number of amides is 2. The van der Waals surface area contributed by atoms with Crippen LogP contribution in [0.2, 0.25) is 0 Å². The van der Waals surface area contributed by atoms with Gasteiger partial charge >= 0.3 is 0 Å². The Hall–Kier alpha value is -2.53. The molecule has 1 fully saturated rings. The number of aromatic nitrogens is 1. The second-order valence-electron chi connectivity index (χ2n) is 11.3. The fourth-order valence-corrected chi connectivity index (χ4v) is 6.28. The van der Waals surface area contributed by atoms with Gasteiger partial charge in [-0.1, -0.05) is 76.3 Å². The molecule has 0 spiro atoms. The van der Waals surface area contributed by atoms with Gasteiger partial charge < -0.3 is 32.3 Å². The summed E-state index contributed by atoms with van der Waals surface area (Å²) in [7, 11) is 0. The number of aliphatic hydroxyl groups excluding tert-OH is 2. The number of thiazole rings is 1. The van der Waals surface area contributed by atoms with Crippen molar-refractivity contribution < 1.29 is 19.8 Å². The van der Waals surface area contributed by atoms with Crippen LogP contribution in [-0.2, 0) is 22.4 Å². The number of nitrogens with two attached hydrogens (primary N) is 3. The van der Waals surface area contributed by atoms with E-state index in [2.05, 4.69) is 4.98 Å². The van der Waals surface area contributed by atoms with Crippen molar-refractivity contribution in [2.45, 2.75) is 102 Å². The SMILES string of the molecule is CC(C)CC(O)C(O)C(CC1CCCCC1)N(C(=O)[C@@H](N)Cc1ccccc1)[C@@H](Cc1csc(N)n1)C(N)=O. The highest BCUT2D eigenvalue weighted by atomic mass is 32.1. The Labute approximate surface area is 235 Å². The van der Waals surface area contributed by atoms with Crippen molar-refractivity contribution in [3.05, 3.63) is 47.0 Å². The first-order chi connectivity index (χ1) is 18.6. The van der Waals surface area contributed by atoms with Crippen LogP contribution in [0.25, 0.3) is 0 Å². The second kappa shape index (κ2) is 14.7. The normalized spacial score (nSPS) is 18.3. The molecule has 0 bridgehead atoms. The van der Waals surface area contributed by atoms with Gasteiger partial charge in [0.2, 0.25) is 11.8 Å². The Morgan fingerprint density at radius 2 is 1.77 bits per heavy atom. The molecule has 2 aromatic rings. The third-order valence-corrected chi connectivity index (χ3v) is 8.39. The molecule has 1 aromatic carbocycles. The number of hydrogen-bond donors (Lipinski definition) is 5. The van der Waals surface area contributed by atoms with E-state index in [-0.39, 0.29) is 24.7 Å². The van der Waals surface area contributed by atoms with Crippen LogP contribution in [0, 0.1) is 11.8 Å². The fraction of sp³-hybridized carbons (Fsp3) is 0.621. The Morgan fingerprint density at radius 3 is 2.33 bits per heavy atom. The van der Waals surface area contributed by atoms with Gasteiger partial charge in [0, 0.05) is 11.8 Å². The molecule has 0 aliphatic heterocycles. The first kappa shape index (κ1) is 31.0. The number of nitrogen functional groups attached to an aromatic ring is 1. The molecule has 1 saturated carbocycles. The number of rotatable bonds is 14. The third kappa shape index (κ3) is 8.99. The lowest BCUT2D eigenvalue weighted by Gasteiger charge is -2.43. The second-order valence-corrected chi connectivity index (χ2v) is 12.2. The minimum atomic E-state index is -1.27. The van der Waals surface area contributed by atoms with Gasteiger partial charge in [-0.15, -0.1) is 11.3 Å². The number of nitrogens with zero attached hydrogens (tertiary/aromatic N) is 2. The molecule has 3 rings (SSSR count). The number of anilines is 1. The highest BCUT2D eigenvalue weighted by molar-refractivity contribution is 7.13. The molecule has 5 atom stereocenters. The van der Waals surface area contributed by atoms with Crippen molar-refractivity contribution in [2.24, 2.45) is 23.3 Å². The Morgan fingerprint density at radius 1 is 1.10 bits per heavy atom. The van der Waals surface area contributed by atoms with Crippen LogP contribution in [0.5, 0.6) is 0 Å². The van der Waals surface area contributed by atoms with Gasteiger partial charge in [-0.3, -0.25) is 9.59 Å². The standard InChI is InChI=1S/C29H45N5O4S/c1-18(2)13-25(35)26(36)23(15-20-11-7-4-8-12-20)34(24(27(31)37)16-21-17-39-29(32)33-21)28(38)22(30)14-19-9-5-3-6-10-19/h3,5-6,9-10,17-18,20,22-26,35-36H,4,7-8,11-16,30H2,1-2H3,(H2,31,37)(H2,32,33)/t22-,23?,24-,25?,26?/m0/s1. The topological polar surface area (TPSA) is 169 Å². The Bertz CT molecular complexity index is 1040. The molecular weight excluding hydrogens is 514 g/mol. The molecule has 2 amide bonds. The lowest BCUT2D eigenvalue weighted by molar-refractivity contribution is -0.150. The van der Waals surface area contributed by atoms with E-state index < -0.39 is 42.1 Å². The van der Waals surface area contributed by atoms with Crippen LogP contribution in [0.4, 0.5) is 5.13 Å². The van der Waals surface area contributed by atoms with Gasteiger partial charge in [0.15, 0.2) is 5.13 Å². The quantitative estimate of drug-likeness (QED) is 0.237. The highest BCUT2D eigenvalue weighted by Gasteiger charge is 2.43. The molecule has 216 valence electrons. The van der Waals surface area contributed by atoms with Gasteiger partial charge in [-0.2, -0.15) is 0 Å². The van der Waals surface area contributed by atoms with Crippen LogP contribution in [0.15, 0.2) is 35.7 Å². The van der Waals surface area contributed by atoms with Gasteiger partial charge in [0.1, 0.15) is 12.1 Å². The Kier molecular flexibility index (Phi) is 11.7. The number of benzene rings is 1. The summed E-state index contributed by atoms with van der Waals surface area (Å²) in [5.74, 6) is -0.836. The Balaban J connectivity index is 2.03. The van der Waals surface area contributed by atoms with Crippen LogP contribution in [0.3, 0.4) is 0 Å². The first-order valence-electron chi connectivity index (χ1n) is 14.0. The van der Waals surface area contributed by atoms with Crippen molar-refractivity contribution in [1.29, 1.82) is 0 Å². The molecule has 1 aliphatic carbocycles. The summed E-state index contributed by atoms with van der Waals surface area (Å²) in [6, 6.07) is 6.49. The minimum Gasteiger partial charge on any atom is -0.390 e. The predicted molar refractivity (Wildman–Crippen MR) is 155 cm³/mol. The maximum atomic E-state index is 14.2. The molecule has 10 heteroatoms. The molecule has 0 radical (unpaired) electrons. The fourth-order valence-electron chi connectivity index (χ4n) is 5.71. The molecule has 9 nitrogen and oxygen atoms in total. The van der Waals surface area contributed by atoms with E-state index in [1.165, 1.54) is 16.2 Å². The largest absolute Gasteiger partial charge is 0.390 e. The number of aliphatic hydroxyl groups is 2. The van der Waals surface area contributed by atoms with Gasteiger partial charge in [-0.25, -0.2) is 4.98 Å². The van der Waals surface area contributed by atoms with E-state index in [1.54, 1.807) is 5.38 Å². The average molecular weight is 560 g/mol. The van der Waals surface area contributed by atoms with Crippen LogP contribution in [-0.4, -0.2) is 62.2 Å². The number of carbonyl (C=O) groups excluding carboxylic acids is 2. The summed E-state index contributed by atoms with van der Waals surface area (Å²) in [5.41, 5.74) is 19.7. The van der Waals surface area contributed by atoms with Crippen molar-refractivity contribution in [2.75, 3.05) is 5.73 Å². The maximum Gasteiger partial charge on any atom is 0.240 e. The molecule has 1 aliphatic rings.